The molecular weight excluding hydrogens is 507 g/mol. The number of rotatable bonds is 4. The fraction of sp³-hybridized carbons (Fsp3) is 0.238. The van der Waals surface area contributed by atoms with E-state index in [1.165, 1.54) is 11.8 Å². The Morgan fingerprint density at radius 3 is 2.39 bits per heavy atom. The molecule has 146 valence electrons. The molecule has 0 atom stereocenters. The third-order valence-corrected chi connectivity index (χ3v) is 6.29. The van der Waals surface area contributed by atoms with E-state index in [0.717, 1.165) is 19.1 Å². The van der Waals surface area contributed by atoms with Crippen LogP contribution in [0.15, 0.2) is 58.3 Å². The summed E-state index contributed by atoms with van der Waals surface area (Å²) in [5.41, 5.74) is 0.994. The summed E-state index contributed by atoms with van der Waals surface area (Å²) in [6, 6.07) is 14.9. The van der Waals surface area contributed by atoms with E-state index >= 15 is 0 Å². The first-order valence-electron chi connectivity index (χ1n) is 8.67. The second-order valence-corrected chi connectivity index (χ2v) is 9.91. The van der Waals surface area contributed by atoms with E-state index in [1.807, 2.05) is 70.2 Å². The summed E-state index contributed by atoms with van der Waals surface area (Å²) in [5.74, 6) is 0.0583. The van der Waals surface area contributed by atoms with Gasteiger partial charge in [-0.2, -0.15) is 5.10 Å². The van der Waals surface area contributed by atoms with Gasteiger partial charge in [0.05, 0.1) is 21.7 Å². The van der Waals surface area contributed by atoms with Gasteiger partial charge >= 0.3 is 5.97 Å². The molecule has 0 aliphatic carbocycles. The highest BCUT2D eigenvalue weighted by atomic mass is 127. The predicted octanol–water partition coefficient (Wildman–Crippen LogP) is 6.57. The summed E-state index contributed by atoms with van der Waals surface area (Å²) in [7, 11) is 0. The number of carbonyl (C=O) groups excluding carboxylic acids is 1. The molecule has 0 saturated carbocycles. The van der Waals surface area contributed by atoms with Gasteiger partial charge in [-0.1, -0.05) is 35.5 Å². The summed E-state index contributed by atoms with van der Waals surface area (Å²) in [6.07, 6.45) is 0. The number of aryl methyl sites for hydroxylation is 1. The van der Waals surface area contributed by atoms with E-state index in [9.17, 15) is 4.79 Å². The van der Waals surface area contributed by atoms with E-state index in [2.05, 4.69) is 27.7 Å². The second-order valence-electron chi connectivity index (χ2n) is 7.23. The maximum absolute atomic E-state index is 12.9. The molecule has 0 unspecified atom stereocenters. The van der Waals surface area contributed by atoms with Crippen molar-refractivity contribution in [2.75, 3.05) is 0 Å². The molecule has 0 aliphatic heterocycles. The van der Waals surface area contributed by atoms with Crippen LogP contribution in [-0.4, -0.2) is 15.7 Å². The Balaban J connectivity index is 2.03. The lowest BCUT2D eigenvalue weighted by Crippen LogP contribution is -2.25. The van der Waals surface area contributed by atoms with Crippen molar-refractivity contribution in [2.45, 2.75) is 43.0 Å². The minimum atomic E-state index is -0.395. The van der Waals surface area contributed by atoms with Crippen LogP contribution in [0.4, 0.5) is 0 Å². The number of hydrogen-bond acceptors (Lipinski definition) is 4. The van der Waals surface area contributed by atoms with Gasteiger partial charge in [0.25, 0.3) is 0 Å². The van der Waals surface area contributed by atoms with Crippen molar-refractivity contribution >= 4 is 51.9 Å². The van der Waals surface area contributed by atoms with Crippen molar-refractivity contribution in [3.8, 4) is 5.88 Å². The number of benzene rings is 2. The van der Waals surface area contributed by atoms with Gasteiger partial charge in [0.1, 0.15) is 0 Å². The number of esters is 1. The fourth-order valence-electron chi connectivity index (χ4n) is 2.54. The van der Waals surface area contributed by atoms with Gasteiger partial charge in [-0.3, -0.25) is 0 Å². The normalized spacial score (nSPS) is 11.5. The Morgan fingerprint density at radius 1 is 1.14 bits per heavy atom. The SMILES string of the molecule is Cc1nn(C(C)(C)C)c(OC(=O)c2ccccc2I)c1Sc1ccc(Cl)cc1. The first-order valence-corrected chi connectivity index (χ1v) is 10.9. The average Bonchev–Trinajstić information content (AvgIpc) is 2.93. The molecule has 1 heterocycles. The van der Waals surface area contributed by atoms with Crippen LogP contribution in [0.5, 0.6) is 5.88 Å². The van der Waals surface area contributed by atoms with Crippen molar-refractivity contribution in [3.63, 3.8) is 0 Å². The zero-order valence-corrected chi connectivity index (χ0v) is 19.7. The third kappa shape index (κ3) is 4.72. The molecule has 2 aromatic carbocycles. The molecule has 0 N–H and O–H groups in total. The van der Waals surface area contributed by atoms with Gasteiger partial charge in [0.15, 0.2) is 0 Å². The molecule has 0 bridgehead atoms. The molecule has 3 rings (SSSR count). The molecule has 0 radical (unpaired) electrons. The highest BCUT2D eigenvalue weighted by molar-refractivity contribution is 14.1. The summed E-state index contributed by atoms with van der Waals surface area (Å²) in [5, 5.41) is 5.33. The number of hydrogen-bond donors (Lipinski definition) is 0. The lowest BCUT2D eigenvalue weighted by molar-refractivity contribution is 0.0703. The Labute approximate surface area is 187 Å². The van der Waals surface area contributed by atoms with E-state index in [-0.39, 0.29) is 5.54 Å². The zero-order valence-electron chi connectivity index (χ0n) is 16.0. The molecule has 0 aliphatic rings. The van der Waals surface area contributed by atoms with Crippen molar-refractivity contribution in [1.82, 2.24) is 9.78 Å². The van der Waals surface area contributed by atoms with Crippen molar-refractivity contribution in [3.05, 3.63) is 68.4 Å². The van der Waals surface area contributed by atoms with Crippen molar-refractivity contribution < 1.29 is 9.53 Å². The maximum atomic E-state index is 12.9. The molecule has 0 fully saturated rings. The van der Waals surface area contributed by atoms with Gasteiger partial charge in [-0.05, 0) is 86.7 Å². The van der Waals surface area contributed by atoms with Crippen molar-refractivity contribution in [2.24, 2.45) is 0 Å². The number of ether oxygens (including phenoxy) is 1. The van der Waals surface area contributed by atoms with Gasteiger partial charge in [0, 0.05) is 13.5 Å². The third-order valence-electron chi connectivity index (χ3n) is 3.92. The Morgan fingerprint density at radius 2 is 1.79 bits per heavy atom. The molecular formula is C21H20ClIN2O2S. The largest absolute Gasteiger partial charge is 0.403 e. The van der Waals surface area contributed by atoms with Crippen molar-refractivity contribution in [1.29, 1.82) is 0 Å². The molecule has 4 nitrogen and oxygen atoms in total. The molecule has 1 aromatic heterocycles. The highest BCUT2D eigenvalue weighted by Gasteiger charge is 2.28. The molecule has 28 heavy (non-hydrogen) atoms. The van der Waals surface area contributed by atoms with Crippen LogP contribution in [0, 0.1) is 10.5 Å². The lowest BCUT2D eigenvalue weighted by Gasteiger charge is -2.22. The Hall–Kier alpha value is -1.51. The van der Waals surface area contributed by atoms with Crippen LogP contribution in [0.25, 0.3) is 0 Å². The standard InChI is InChI=1S/C21H20ClIN2O2S/c1-13-18(28-15-11-9-14(22)10-12-15)19(25(24-13)21(2,3)4)27-20(26)16-7-5-6-8-17(16)23/h5-12H,1-4H3. The highest BCUT2D eigenvalue weighted by Crippen LogP contribution is 2.40. The Bertz CT molecular complexity index is 1010. The smallest absolute Gasteiger partial charge is 0.345 e. The lowest BCUT2D eigenvalue weighted by atomic mass is 10.1. The van der Waals surface area contributed by atoms with Crippen LogP contribution in [-0.2, 0) is 5.54 Å². The van der Waals surface area contributed by atoms with Gasteiger partial charge < -0.3 is 4.74 Å². The molecule has 0 amide bonds. The monoisotopic (exact) mass is 526 g/mol. The summed E-state index contributed by atoms with van der Waals surface area (Å²) in [6.45, 7) is 8.00. The summed E-state index contributed by atoms with van der Waals surface area (Å²) in [4.78, 5) is 14.7. The first-order chi connectivity index (χ1) is 13.2. The minimum Gasteiger partial charge on any atom is -0.403 e. The summed E-state index contributed by atoms with van der Waals surface area (Å²) < 4.78 is 8.51. The topological polar surface area (TPSA) is 44.1 Å². The average molecular weight is 527 g/mol. The van der Waals surface area contributed by atoms with E-state index in [0.29, 0.717) is 16.5 Å². The number of nitrogens with zero attached hydrogens (tertiary/aromatic N) is 2. The van der Waals surface area contributed by atoms with Crippen LogP contribution in [0.3, 0.4) is 0 Å². The number of halogens is 2. The van der Waals surface area contributed by atoms with E-state index < -0.39 is 5.97 Å². The quantitative estimate of drug-likeness (QED) is 0.285. The zero-order chi connectivity index (χ0) is 20.5. The Kier molecular flexibility index (Phi) is 6.41. The fourth-order valence-corrected chi connectivity index (χ4v) is 4.19. The molecule has 3 aromatic rings. The molecule has 0 saturated heterocycles. The second kappa shape index (κ2) is 8.47. The number of aromatic nitrogens is 2. The van der Waals surface area contributed by atoms with E-state index in [1.54, 1.807) is 10.7 Å². The first kappa shape index (κ1) is 21.2. The van der Waals surface area contributed by atoms with Crippen LogP contribution >= 0.6 is 46.0 Å². The molecule has 7 heteroatoms. The maximum Gasteiger partial charge on any atom is 0.345 e. The minimum absolute atomic E-state index is 0.344. The van der Waals surface area contributed by atoms with Gasteiger partial charge in [-0.25, -0.2) is 9.48 Å². The van der Waals surface area contributed by atoms with Crippen LogP contribution in [0.2, 0.25) is 5.02 Å². The molecule has 0 spiro atoms. The van der Waals surface area contributed by atoms with Crippen LogP contribution in [0.1, 0.15) is 36.8 Å². The summed E-state index contributed by atoms with van der Waals surface area (Å²) >= 11 is 9.64. The van der Waals surface area contributed by atoms with Gasteiger partial charge in [0.2, 0.25) is 5.88 Å². The van der Waals surface area contributed by atoms with E-state index in [4.69, 9.17) is 16.3 Å². The van der Waals surface area contributed by atoms with Gasteiger partial charge in [-0.15, -0.1) is 0 Å². The number of carbonyl (C=O) groups is 1. The van der Waals surface area contributed by atoms with Crippen LogP contribution < -0.4 is 4.74 Å². The predicted molar refractivity (Wildman–Crippen MR) is 122 cm³/mol.